The normalized spacial score (nSPS) is 17.6. The van der Waals surface area contributed by atoms with Crippen molar-refractivity contribution in [3.8, 4) is 11.3 Å². The minimum atomic E-state index is -0.526. The number of aromatic nitrogens is 2. The van der Waals surface area contributed by atoms with Gasteiger partial charge in [-0.1, -0.05) is 12.1 Å². The predicted molar refractivity (Wildman–Crippen MR) is 125 cm³/mol. The minimum absolute atomic E-state index is 0.0577. The summed E-state index contributed by atoms with van der Waals surface area (Å²) in [6.45, 7) is 0.545. The van der Waals surface area contributed by atoms with E-state index < -0.39 is 6.04 Å². The quantitative estimate of drug-likeness (QED) is 0.586. The molecular weight excluding hydrogens is 438 g/mol. The van der Waals surface area contributed by atoms with Crippen molar-refractivity contribution in [2.45, 2.75) is 37.8 Å². The number of thiazole rings is 1. The molecule has 1 atom stereocenters. The zero-order chi connectivity index (χ0) is 22.8. The molecule has 9 heteroatoms. The van der Waals surface area contributed by atoms with Gasteiger partial charge in [0.1, 0.15) is 6.04 Å². The Hall–Kier alpha value is -3.59. The first-order chi connectivity index (χ1) is 16.1. The van der Waals surface area contributed by atoms with Gasteiger partial charge in [0.15, 0.2) is 5.13 Å². The molecule has 3 heterocycles. The second kappa shape index (κ2) is 9.11. The van der Waals surface area contributed by atoms with E-state index in [1.807, 2.05) is 17.5 Å². The second-order valence-electron chi connectivity index (χ2n) is 8.24. The van der Waals surface area contributed by atoms with Crippen molar-refractivity contribution < 1.29 is 14.4 Å². The molecule has 2 N–H and O–H groups in total. The summed E-state index contributed by atoms with van der Waals surface area (Å²) in [5.41, 5.74) is 2.73. The van der Waals surface area contributed by atoms with Gasteiger partial charge in [-0.3, -0.25) is 19.4 Å². The molecule has 3 amide bonds. The summed E-state index contributed by atoms with van der Waals surface area (Å²) < 4.78 is 0. The van der Waals surface area contributed by atoms with E-state index in [4.69, 9.17) is 0 Å². The standard InChI is InChI=1S/C24H23N5O3S/c30-21(26-18-7-8-18)16-5-3-15(4-6-16)19-14-33-24(27-19)28-22(31)20-2-1-13-29(20)23(32)17-9-11-25-12-10-17/h3-6,9-12,14,18,20H,1-2,7-8,13H2,(H,26,30)(H,27,28,31)/t20-/m0/s1. The van der Waals surface area contributed by atoms with Gasteiger partial charge in [0.05, 0.1) is 5.69 Å². The molecule has 2 fully saturated rings. The van der Waals surface area contributed by atoms with E-state index in [-0.39, 0.29) is 17.7 Å². The highest BCUT2D eigenvalue weighted by Crippen LogP contribution is 2.27. The summed E-state index contributed by atoms with van der Waals surface area (Å²) in [7, 11) is 0. The molecule has 0 radical (unpaired) electrons. The highest BCUT2D eigenvalue weighted by molar-refractivity contribution is 7.14. The fraction of sp³-hybridized carbons (Fsp3) is 0.292. The van der Waals surface area contributed by atoms with Crippen LogP contribution < -0.4 is 10.6 Å². The highest BCUT2D eigenvalue weighted by Gasteiger charge is 2.35. The van der Waals surface area contributed by atoms with Gasteiger partial charge in [-0.15, -0.1) is 11.3 Å². The molecule has 1 aromatic carbocycles. The predicted octanol–water partition coefficient (Wildman–Crippen LogP) is 3.34. The Morgan fingerprint density at radius 3 is 2.45 bits per heavy atom. The van der Waals surface area contributed by atoms with E-state index >= 15 is 0 Å². The number of benzene rings is 1. The molecule has 2 aromatic heterocycles. The van der Waals surface area contributed by atoms with Gasteiger partial charge in [-0.2, -0.15) is 0 Å². The molecule has 1 saturated heterocycles. The first-order valence-corrected chi connectivity index (χ1v) is 11.8. The van der Waals surface area contributed by atoms with Gasteiger partial charge >= 0.3 is 0 Å². The number of amides is 3. The zero-order valence-corrected chi connectivity index (χ0v) is 18.7. The van der Waals surface area contributed by atoms with Crippen LogP contribution in [0.5, 0.6) is 0 Å². The molecular formula is C24H23N5O3S. The van der Waals surface area contributed by atoms with Crippen LogP contribution in [0, 0.1) is 0 Å². The van der Waals surface area contributed by atoms with E-state index in [0.29, 0.717) is 35.3 Å². The number of carbonyl (C=O) groups is 3. The Kier molecular flexibility index (Phi) is 5.87. The zero-order valence-electron chi connectivity index (χ0n) is 17.9. The average molecular weight is 462 g/mol. The number of anilines is 1. The Morgan fingerprint density at radius 1 is 0.970 bits per heavy atom. The fourth-order valence-corrected chi connectivity index (χ4v) is 4.61. The molecule has 0 spiro atoms. The van der Waals surface area contributed by atoms with Crippen molar-refractivity contribution in [2.75, 3.05) is 11.9 Å². The van der Waals surface area contributed by atoms with Crippen molar-refractivity contribution in [3.05, 3.63) is 65.3 Å². The third kappa shape index (κ3) is 4.78. The lowest BCUT2D eigenvalue weighted by atomic mass is 10.1. The lowest BCUT2D eigenvalue weighted by Crippen LogP contribution is -2.43. The van der Waals surface area contributed by atoms with Crippen LogP contribution in [-0.2, 0) is 4.79 Å². The van der Waals surface area contributed by atoms with Crippen LogP contribution in [0.2, 0.25) is 0 Å². The molecule has 5 rings (SSSR count). The molecule has 33 heavy (non-hydrogen) atoms. The van der Waals surface area contributed by atoms with Crippen molar-refractivity contribution in [1.82, 2.24) is 20.2 Å². The topological polar surface area (TPSA) is 104 Å². The van der Waals surface area contributed by atoms with E-state index in [2.05, 4.69) is 20.6 Å². The largest absolute Gasteiger partial charge is 0.349 e. The van der Waals surface area contributed by atoms with Gasteiger partial charge in [0.25, 0.3) is 11.8 Å². The van der Waals surface area contributed by atoms with Gasteiger partial charge < -0.3 is 15.5 Å². The summed E-state index contributed by atoms with van der Waals surface area (Å²) in [6.07, 6.45) is 6.63. The minimum Gasteiger partial charge on any atom is -0.349 e. The number of likely N-dealkylation sites (tertiary alicyclic amines) is 1. The van der Waals surface area contributed by atoms with Crippen molar-refractivity contribution >= 4 is 34.2 Å². The summed E-state index contributed by atoms with van der Waals surface area (Å²) in [5, 5.41) is 8.18. The monoisotopic (exact) mass is 461 g/mol. The number of nitrogens with one attached hydrogen (secondary N) is 2. The number of nitrogens with zero attached hydrogens (tertiary/aromatic N) is 3. The number of pyridine rings is 1. The first kappa shape index (κ1) is 21.3. The molecule has 3 aromatic rings. The number of hydrogen-bond donors (Lipinski definition) is 2. The summed E-state index contributed by atoms with van der Waals surface area (Å²) in [6, 6.07) is 10.4. The molecule has 2 aliphatic rings. The van der Waals surface area contributed by atoms with Gasteiger partial charge in [0, 0.05) is 47.1 Å². The maximum absolute atomic E-state index is 12.9. The molecule has 1 aliphatic heterocycles. The smallest absolute Gasteiger partial charge is 0.254 e. The van der Waals surface area contributed by atoms with Crippen LogP contribution in [0.1, 0.15) is 46.4 Å². The summed E-state index contributed by atoms with van der Waals surface area (Å²) >= 11 is 1.33. The Morgan fingerprint density at radius 2 is 1.73 bits per heavy atom. The van der Waals surface area contributed by atoms with E-state index in [0.717, 1.165) is 30.5 Å². The van der Waals surface area contributed by atoms with Crippen molar-refractivity contribution in [3.63, 3.8) is 0 Å². The number of rotatable bonds is 6. The Bertz CT molecular complexity index is 1170. The molecule has 0 bridgehead atoms. The van der Waals surface area contributed by atoms with Crippen LogP contribution in [0.15, 0.2) is 54.2 Å². The molecule has 8 nitrogen and oxygen atoms in total. The highest BCUT2D eigenvalue weighted by atomic mass is 32.1. The van der Waals surface area contributed by atoms with Crippen LogP contribution in [0.4, 0.5) is 5.13 Å². The summed E-state index contributed by atoms with van der Waals surface area (Å²) in [4.78, 5) is 48.0. The maximum Gasteiger partial charge on any atom is 0.254 e. The number of hydrogen-bond acceptors (Lipinski definition) is 6. The fourth-order valence-electron chi connectivity index (χ4n) is 3.88. The van der Waals surface area contributed by atoms with Crippen molar-refractivity contribution in [2.24, 2.45) is 0 Å². The average Bonchev–Trinajstić information content (AvgIpc) is 3.32. The van der Waals surface area contributed by atoms with Gasteiger partial charge in [0.2, 0.25) is 5.91 Å². The number of carbonyl (C=O) groups excluding carboxylic acids is 3. The lowest BCUT2D eigenvalue weighted by molar-refractivity contribution is -0.119. The molecule has 168 valence electrons. The molecule has 0 unspecified atom stereocenters. The van der Waals surface area contributed by atoms with Crippen molar-refractivity contribution in [1.29, 1.82) is 0 Å². The Labute approximate surface area is 195 Å². The van der Waals surface area contributed by atoms with Crippen LogP contribution in [0.25, 0.3) is 11.3 Å². The van der Waals surface area contributed by atoms with Crippen LogP contribution in [-0.4, -0.2) is 51.2 Å². The SMILES string of the molecule is O=C(NC1CC1)c1ccc(-c2csc(NC(=O)[C@@H]3CCCN3C(=O)c3ccncc3)n2)cc1. The van der Waals surface area contributed by atoms with E-state index in [9.17, 15) is 14.4 Å². The van der Waals surface area contributed by atoms with E-state index in [1.165, 1.54) is 11.3 Å². The molecule has 1 aliphatic carbocycles. The third-order valence-corrected chi connectivity index (χ3v) is 6.59. The van der Waals surface area contributed by atoms with Gasteiger partial charge in [-0.25, -0.2) is 4.98 Å². The van der Waals surface area contributed by atoms with Crippen LogP contribution >= 0.6 is 11.3 Å². The lowest BCUT2D eigenvalue weighted by Gasteiger charge is -2.23. The van der Waals surface area contributed by atoms with Gasteiger partial charge in [-0.05, 0) is 49.9 Å². The second-order valence-corrected chi connectivity index (χ2v) is 9.10. The molecule has 1 saturated carbocycles. The first-order valence-electron chi connectivity index (χ1n) is 11.0. The van der Waals surface area contributed by atoms with E-state index in [1.54, 1.807) is 41.6 Å². The summed E-state index contributed by atoms with van der Waals surface area (Å²) in [5.74, 6) is -0.457. The van der Waals surface area contributed by atoms with Crippen LogP contribution in [0.3, 0.4) is 0 Å². The third-order valence-electron chi connectivity index (χ3n) is 5.83. The maximum atomic E-state index is 12.9. The Balaban J connectivity index is 1.23.